The fourth-order valence-electron chi connectivity index (χ4n) is 4.65. The molecule has 2 bridgehead atoms. The molecule has 12 heteroatoms. The number of fused-ring (bicyclic) bond motifs is 2. The van der Waals surface area contributed by atoms with E-state index >= 15 is 0 Å². The average molecular weight is 528 g/mol. The highest BCUT2D eigenvalue weighted by Gasteiger charge is 2.27. The quantitative estimate of drug-likeness (QED) is 0.467. The molecule has 1 aromatic carbocycles. The lowest BCUT2D eigenvalue weighted by Gasteiger charge is -2.34. The summed E-state index contributed by atoms with van der Waals surface area (Å²) in [4.78, 5) is 45.3. The Morgan fingerprint density at radius 3 is 2.62 bits per heavy atom. The van der Waals surface area contributed by atoms with Crippen molar-refractivity contribution in [3.8, 4) is 5.75 Å². The highest BCUT2D eigenvalue weighted by Crippen LogP contribution is 2.33. The Morgan fingerprint density at radius 2 is 1.79 bits per heavy atom. The van der Waals surface area contributed by atoms with Crippen LogP contribution in [0.4, 0.5) is 34.8 Å². The Labute approximate surface area is 225 Å². The molecule has 3 aromatic rings. The minimum atomic E-state index is -0.367. The monoisotopic (exact) mass is 527 g/mol. The zero-order valence-electron chi connectivity index (χ0n) is 21.6. The number of hydrogen-bond donors (Lipinski definition) is 3. The molecule has 3 aliphatic heterocycles. The van der Waals surface area contributed by atoms with Crippen molar-refractivity contribution in [2.45, 2.75) is 6.42 Å². The van der Waals surface area contributed by atoms with Crippen molar-refractivity contribution in [2.75, 3.05) is 66.8 Å². The van der Waals surface area contributed by atoms with Gasteiger partial charge in [-0.2, -0.15) is 4.98 Å². The van der Waals surface area contributed by atoms with Crippen molar-refractivity contribution < 1.29 is 14.3 Å². The topological polar surface area (TPSA) is 128 Å². The number of anilines is 6. The standard InChI is InChI=1S/C27H29N9O3/c1-34-12-14-35(15-13-34)19-6-4-18(5-7-19)30-27-29-16-20-24(33-27)31-22-9-8-21-25(32-22)36(23(37)17-39-21)11-3-2-10-28-26(20)38/h2,4-10,16H,3,11-15,17H2,1H3,(H,28,38)(H2,29,30,31,32,33)/b10-2-. The van der Waals surface area contributed by atoms with E-state index in [1.165, 1.54) is 11.9 Å². The number of nitrogens with one attached hydrogen (secondary N) is 3. The van der Waals surface area contributed by atoms with Crippen LogP contribution >= 0.6 is 0 Å². The Kier molecular flexibility index (Phi) is 6.68. The van der Waals surface area contributed by atoms with Crippen molar-refractivity contribution in [1.82, 2.24) is 25.2 Å². The molecule has 2 aromatic heterocycles. The Balaban J connectivity index is 1.27. The van der Waals surface area contributed by atoms with E-state index in [9.17, 15) is 9.59 Å². The number of hydrogen-bond acceptors (Lipinski definition) is 10. The number of benzene rings is 1. The van der Waals surface area contributed by atoms with Crippen LogP contribution in [0.3, 0.4) is 0 Å². The summed E-state index contributed by atoms with van der Waals surface area (Å²) >= 11 is 0. The molecular weight excluding hydrogens is 498 g/mol. The largest absolute Gasteiger partial charge is 0.480 e. The van der Waals surface area contributed by atoms with Crippen molar-refractivity contribution in [3.63, 3.8) is 0 Å². The molecule has 200 valence electrons. The van der Waals surface area contributed by atoms with Gasteiger partial charge >= 0.3 is 0 Å². The van der Waals surface area contributed by atoms with Crippen LogP contribution in [0.5, 0.6) is 5.75 Å². The smallest absolute Gasteiger partial charge is 0.266 e. The molecule has 3 N–H and O–H groups in total. The SMILES string of the molecule is CN1CCN(c2ccc(Nc3ncc4c(n3)Nc3ccc5c(n3)N(CC/C=C\NC4=O)C(=O)CO5)cc2)CC1. The van der Waals surface area contributed by atoms with E-state index in [1.807, 2.05) is 12.1 Å². The minimum absolute atomic E-state index is 0.0383. The lowest BCUT2D eigenvalue weighted by molar-refractivity contribution is -0.121. The Bertz CT molecular complexity index is 1420. The Hall–Kier alpha value is -4.71. The number of aromatic nitrogens is 3. The van der Waals surface area contributed by atoms with E-state index in [4.69, 9.17) is 4.74 Å². The van der Waals surface area contributed by atoms with Crippen LogP contribution in [0.2, 0.25) is 0 Å². The zero-order chi connectivity index (χ0) is 26.8. The maximum absolute atomic E-state index is 12.9. The van der Waals surface area contributed by atoms with Crippen LogP contribution in [0.1, 0.15) is 16.8 Å². The second kappa shape index (κ2) is 10.6. The summed E-state index contributed by atoms with van der Waals surface area (Å²) in [6.45, 7) is 4.44. The van der Waals surface area contributed by atoms with Gasteiger partial charge in [0.25, 0.3) is 11.8 Å². The summed E-state index contributed by atoms with van der Waals surface area (Å²) < 4.78 is 5.56. The van der Waals surface area contributed by atoms with Gasteiger partial charge in [0.2, 0.25) is 5.95 Å². The molecule has 5 heterocycles. The molecule has 1 fully saturated rings. The number of nitrogens with zero attached hydrogens (tertiary/aromatic N) is 6. The molecule has 0 aliphatic carbocycles. The molecule has 3 aliphatic rings. The summed E-state index contributed by atoms with van der Waals surface area (Å²) in [7, 11) is 2.14. The van der Waals surface area contributed by atoms with Crippen LogP contribution in [0, 0.1) is 0 Å². The average Bonchev–Trinajstić information content (AvgIpc) is 2.95. The van der Waals surface area contributed by atoms with Crippen molar-refractivity contribution in [1.29, 1.82) is 0 Å². The summed E-state index contributed by atoms with van der Waals surface area (Å²) in [5.41, 5.74) is 2.24. The third kappa shape index (κ3) is 5.32. The third-order valence-electron chi connectivity index (χ3n) is 6.87. The van der Waals surface area contributed by atoms with E-state index < -0.39 is 0 Å². The highest BCUT2D eigenvalue weighted by atomic mass is 16.5. The highest BCUT2D eigenvalue weighted by molar-refractivity contribution is 6.00. The molecule has 0 spiro atoms. The fourth-order valence-corrected chi connectivity index (χ4v) is 4.65. The third-order valence-corrected chi connectivity index (χ3v) is 6.87. The lowest BCUT2D eigenvalue weighted by Crippen LogP contribution is -2.44. The first-order chi connectivity index (χ1) is 19.0. The minimum Gasteiger partial charge on any atom is -0.480 e. The molecule has 0 atom stereocenters. The van der Waals surface area contributed by atoms with Crippen LogP contribution in [0.25, 0.3) is 0 Å². The van der Waals surface area contributed by atoms with Gasteiger partial charge < -0.3 is 30.5 Å². The van der Waals surface area contributed by atoms with E-state index in [0.29, 0.717) is 36.3 Å². The number of carbonyl (C=O) groups is 2. The van der Waals surface area contributed by atoms with E-state index in [1.54, 1.807) is 29.3 Å². The van der Waals surface area contributed by atoms with Gasteiger partial charge in [0.15, 0.2) is 18.2 Å². The normalized spacial score (nSPS) is 18.4. The van der Waals surface area contributed by atoms with Gasteiger partial charge in [0, 0.05) is 56.5 Å². The summed E-state index contributed by atoms with van der Waals surface area (Å²) in [6, 6.07) is 11.6. The first-order valence-corrected chi connectivity index (χ1v) is 12.9. The molecule has 39 heavy (non-hydrogen) atoms. The number of ether oxygens (including phenoxy) is 1. The van der Waals surface area contributed by atoms with Gasteiger partial charge in [-0.25, -0.2) is 9.97 Å². The number of rotatable bonds is 3. The lowest BCUT2D eigenvalue weighted by atomic mass is 10.2. The van der Waals surface area contributed by atoms with Crippen molar-refractivity contribution >= 4 is 46.6 Å². The molecule has 12 nitrogen and oxygen atoms in total. The molecule has 0 saturated carbocycles. The van der Waals surface area contributed by atoms with E-state index in [2.05, 4.69) is 59.9 Å². The number of pyridine rings is 1. The zero-order valence-corrected chi connectivity index (χ0v) is 21.6. The maximum atomic E-state index is 12.9. The number of piperazine rings is 1. The van der Waals surface area contributed by atoms with Gasteiger partial charge in [-0.3, -0.25) is 14.5 Å². The molecule has 0 unspecified atom stereocenters. The number of carbonyl (C=O) groups excluding carboxylic acids is 2. The molecular formula is C27H29N9O3. The van der Waals surface area contributed by atoms with Crippen molar-refractivity contribution in [2.24, 2.45) is 0 Å². The summed E-state index contributed by atoms with van der Waals surface area (Å²) in [5.74, 6) is 1.42. The van der Waals surface area contributed by atoms with Crippen LogP contribution in [-0.4, -0.2) is 78.0 Å². The summed E-state index contributed by atoms with van der Waals surface area (Å²) in [5, 5.41) is 9.10. The van der Waals surface area contributed by atoms with Gasteiger partial charge in [-0.05, 0) is 49.9 Å². The fraction of sp³-hybridized carbons (Fsp3) is 0.296. The summed E-state index contributed by atoms with van der Waals surface area (Å²) in [6.07, 6.45) is 5.35. The van der Waals surface area contributed by atoms with Crippen LogP contribution in [0.15, 0.2) is 54.9 Å². The second-order valence-corrected chi connectivity index (χ2v) is 9.56. The van der Waals surface area contributed by atoms with Gasteiger partial charge in [0.05, 0.1) is 0 Å². The predicted molar refractivity (Wildman–Crippen MR) is 148 cm³/mol. The number of amides is 2. The molecule has 1 saturated heterocycles. The van der Waals surface area contributed by atoms with E-state index in [-0.39, 0.29) is 29.8 Å². The van der Waals surface area contributed by atoms with E-state index in [0.717, 1.165) is 31.9 Å². The maximum Gasteiger partial charge on any atom is 0.266 e. The number of likely N-dealkylation sites (N-methyl/N-ethyl adjacent to an activating group) is 1. The van der Waals surface area contributed by atoms with Gasteiger partial charge in [-0.15, -0.1) is 0 Å². The van der Waals surface area contributed by atoms with Crippen LogP contribution in [-0.2, 0) is 4.79 Å². The second-order valence-electron chi connectivity index (χ2n) is 9.56. The predicted octanol–water partition coefficient (Wildman–Crippen LogP) is 2.48. The molecule has 0 radical (unpaired) electrons. The van der Waals surface area contributed by atoms with Gasteiger partial charge in [0.1, 0.15) is 17.2 Å². The Morgan fingerprint density at radius 1 is 0.974 bits per heavy atom. The molecule has 6 rings (SSSR count). The first-order valence-electron chi connectivity index (χ1n) is 12.9. The van der Waals surface area contributed by atoms with Crippen molar-refractivity contribution in [3.05, 3.63) is 60.4 Å². The first kappa shape index (κ1) is 24.6. The van der Waals surface area contributed by atoms with Crippen LogP contribution < -0.4 is 30.5 Å². The van der Waals surface area contributed by atoms with Gasteiger partial charge in [-0.1, -0.05) is 6.08 Å². The molecule has 2 amide bonds.